The molecule has 0 N–H and O–H groups in total. The summed E-state index contributed by atoms with van der Waals surface area (Å²) < 4.78 is 19.1. The summed E-state index contributed by atoms with van der Waals surface area (Å²) in [5.74, 6) is 0.348. The molecular formula is C20H28FN3O2. The Morgan fingerprint density at radius 2 is 1.88 bits per heavy atom. The second-order valence-electron chi connectivity index (χ2n) is 7.68. The molecule has 0 bridgehead atoms. The first-order chi connectivity index (χ1) is 12.7. The molecule has 4 rings (SSSR count). The van der Waals surface area contributed by atoms with E-state index in [1.165, 1.54) is 25.0 Å². The molecule has 0 radical (unpaired) electrons. The molecule has 142 valence electrons. The molecule has 5 nitrogen and oxygen atoms in total. The highest BCUT2D eigenvalue weighted by molar-refractivity contribution is 5.78. The Morgan fingerprint density at radius 1 is 1.12 bits per heavy atom. The van der Waals surface area contributed by atoms with Crippen LogP contribution >= 0.6 is 0 Å². The summed E-state index contributed by atoms with van der Waals surface area (Å²) in [6, 6.07) is 7.08. The lowest BCUT2D eigenvalue weighted by Gasteiger charge is -2.43. The minimum atomic E-state index is -0.210. The number of nitrogens with zero attached hydrogens (tertiary/aromatic N) is 3. The molecule has 3 heterocycles. The van der Waals surface area contributed by atoms with Crippen molar-refractivity contribution in [2.24, 2.45) is 5.92 Å². The van der Waals surface area contributed by atoms with Gasteiger partial charge >= 0.3 is 0 Å². The third kappa shape index (κ3) is 3.86. The lowest BCUT2D eigenvalue weighted by atomic mass is 9.91. The number of hydrogen-bond donors (Lipinski definition) is 0. The van der Waals surface area contributed by atoms with Crippen LogP contribution in [0.25, 0.3) is 0 Å². The minimum Gasteiger partial charge on any atom is -0.379 e. The highest BCUT2D eigenvalue weighted by atomic mass is 19.1. The Hall–Kier alpha value is -1.66. The molecule has 0 unspecified atom stereocenters. The van der Waals surface area contributed by atoms with Gasteiger partial charge in [-0.25, -0.2) is 4.39 Å². The van der Waals surface area contributed by atoms with Gasteiger partial charge in [0.1, 0.15) is 5.82 Å². The Kier molecular flexibility index (Phi) is 5.41. The zero-order valence-electron chi connectivity index (χ0n) is 15.3. The molecular weight excluding hydrogens is 333 g/mol. The lowest BCUT2D eigenvalue weighted by Crippen LogP contribution is -2.54. The van der Waals surface area contributed by atoms with Crippen molar-refractivity contribution in [1.29, 1.82) is 0 Å². The number of benzene rings is 1. The molecule has 3 fully saturated rings. The number of hydrogen-bond acceptors (Lipinski definition) is 4. The first-order valence-corrected chi connectivity index (χ1v) is 9.81. The van der Waals surface area contributed by atoms with E-state index < -0.39 is 0 Å². The molecule has 1 aromatic carbocycles. The van der Waals surface area contributed by atoms with E-state index in [2.05, 4.69) is 9.80 Å². The van der Waals surface area contributed by atoms with Gasteiger partial charge in [0.05, 0.1) is 19.8 Å². The van der Waals surface area contributed by atoms with E-state index >= 15 is 0 Å². The van der Waals surface area contributed by atoms with Gasteiger partial charge in [-0.05, 0) is 56.6 Å². The molecule has 26 heavy (non-hydrogen) atoms. The summed E-state index contributed by atoms with van der Waals surface area (Å²) in [6.45, 7) is 6.39. The van der Waals surface area contributed by atoms with Crippen LogP contribution in [-0.2, 0) is 9.53 Å². The Balaban J connectivity index is 1.43. The summed E-state index contributed by atoms with van der Waals surface area (Å²) in [5.41, 5.74) is 1.05. The molecule has 0 saturated carbocycles. The molecule has 0 aliphatic carbocycles. The van der Waals surface area contributed by atoms with Gasteiger partial charge in [-0.3, -0.25) is 9.69 Å². The summed E-state index contributed by atoms with van der Waals surface area (Å²) in [6.07, 6.45) is 3.36. The number of halogens is 1. The third-order valence-electron chi connectivity index (χ3n) is 5.97. The van der Waals surface area contributed by atoms with Crippen LogP contribution in [0.5, 0.6) is 0 Å². The third-order valence-corrected chi connectivity index (χ3v) is 5.97. The smallest absolute Gasteiger partial charge is 0.236 e. The number of ether oxygens (including phenoxy) is 1. The van der Waals surface area contributed by atoms with Crippen LogP contribution in [0.3, 0.4) is 0 Å². The van der Waals surface area contributed by atoms with Crippen LogP contribution in [0.1, 0.15) is 19.3 Å². The fraction of sp³-hybridized carbons (Fsp3) is 0.650. The molecule has 1 amide bonds. The van der Waals surface area contributed by atoms with Crippen molar-refractivity contribution in [3.8, 4) is 0 Å². The standard InChI is InChI=1S/C20H28FN3O2/c21-17-3-5-18(6-4-17)24-11-12-26-15-16-13-23(10-7-19(16)24)20(25)14-22-8-1-2-9-22/h3-6,16,19H,1-2,7-15H2/t16-,19+/m1/s1. The van der Waals surface area contributed by atoms with Gasteiger partial charge in [0, 0.05) is 37.3 Å². The Morgan fingerprint density at radius 3 is 2.65 bits per heavy atom. The summed E-state index contributed by atoms with van der Waals surface area (Å²) in [7, 11) is 0. The van der Waals surface area contributed by atoms with Crippen molar-refractivity contribution in [2.45, 2.75) is 25.3 Å². The number of anilines is 1. The number of amides is 1. The van der Waals surface area contributed by atoms with E-state index in [-0.39, 0.29) is 11.7 Å². The van der Waals surface area contributed by atoms with E-state index in [4.69, 9.17) is 4.74 Å². The highest BCUT2D eigenvalue weighted by Crippen LogP contribution is 2.29. The predicted molar refractivity (Wildman–Crippen MR) is 98.7 cm³/mol. The first-order valence-electron chi connectivity index (χ1n) is 9.81. The van der Waals surface area contributed by atoms with Crippen LogP contribution in [0, 0.1) is 11.7 Å². The summed E-state index contributed by atoms with van der Waals surface area (Å²) in [5, 5.41) is 0. The van der Waals surface area contributed by atoms with Crippen molar-refractivity contribution in [1.82, 2.24) is 9.80 Å². The first kappa shape index (κ1) is 17.7. The van der Waals surface area contributed by atoms with E-state index in [1.54, 1.807) is 0 Å². The van der Waals surface area contributed by atoms with Gasteiger partial charge in [0.25, 0.3) is 0 Å². The van der Waals surface area contributed by atoms with Gasteiger partial charge in [0.2, 0.25) is 5.91 Å². The predicted octanol–water partition coefficient (Wildman–Crippen LogP) is 1.98. The van der Waals surface area contributed by atoms with Gasteiger partial charge < -0.3 is 14.5 Å². The average Bonchev–Trinajstić information content (AvgIpc) is 3.07. The number of likely N-dealkylation sites (tertiary alicyclic amines) is 2. The average molecular weight is 361 g/mol. The molecule has 1 aromatic rings. The van der Waals surface area contributed by atoms with Crippen molar-refractivity contribution in [3.63, 3.8) is 0 Å². The van der Waals surface area contributed by atoms with E-state index in [0.717, 1.165) is 44.8 Å². The van der Waals surface area contributed by atoms with Gasteiger partial charge in [-0.1, -0.05) is 0 Å². The lowest BCUT2D eigenvalue weighted by molar-refractivity contribution is -0.134. The van der Waals surface area contributed by atoms with Crippen LogP contribution in [-0.4, -0.2) is 74.2 Å². The Bertz CT molecular complexity index is 618. The molecule has 6 heteroatoms. The van der Waals surface area contributed by atoms with Crippen molar-refractivity contribution in [3.05, 3.63) is 30.1 Å². The second kappa shape index (κ2) is 7.92. The molecule has 3 aliphatic heterocycles. The molecule has 0 spiro atoms. The fourth-order valence-corrected chi connectivity index (χ4v) is 4.57. The number of rotatable bonds is 3. The van der Waals surface area contributed by atoms with Gasteiger partial charge in [-0.15, -0.1) is 0 Å². The van der Waals surface area contributed by atoms with Crippen molar-refractivity contribution in [2.75, 3.05) is 57.4 Å². The minimum absolute atomic E-state index is 0.210. The molecule has 3 aliphatic rings. The van der Waals surface area contributed by atoms with E-state index in [9.17, 15) is 9.18 Å². The van der Waals surface area contributed by atoms with Gasteiger partial charge in [-0.2, -0.15) is 0 Å². The number of carbonyl (C=O) groups excluding carboxylic acids is 1. The number of piperidine rings is 1. The van der Waals surface area contributed by atoms with Gasteiger partial charge in [0.15, 0.2) is 0 Å². The molecule has 3 saturated heterocycles. The van der Waals surface area contributed by atoms with Crippen LogP contribution < -0.4 is 4.90 Å². The van der Waals surface area contributed by atoms with Crippen LogP contribution in [0.15, 0.2) is 24.3 Å². The summed E-state index contributed by atoms with van der Waals surface area (Å²) in [4.78, 5) is 19.3. The second-order valence-corrected chi connectivity index (χ2v) is 7.68. The largest absolute Gasteiger partial charge is 0.379 e. The number of fused-ring (bicyclic) bond motifs is 1. The number of carbonyl (C=O) groups is 1. The normalized spacial score (nSPS) is 27.3. The monoisotopic (exact) mass is 361 g/mol. The zero-order valence-corrected chi connectivity index (χ0v) is 15.3. The van der Waals surface area contributed by atoms with Crippen molar-refractivity contribution >= 4 is 11.6 Å². The zero-order chi connectivity index (χ0) is 17.9. The van der Waals surface area contributed by atoms with Crippen molar-refractivity contribution < 1.29 is 13.9 Å². The topological polar surface area (TPSA) is 36.0 Å². The Labute approximate surface area is 154 Å². The molecule has 2 atom stereocenters. The van der Waals surface area contributed by atoms with E-state index in [0.29, 0.717) is 31.7 Å². The van der Waals surface area contributed by atoms with Crippen LogP contribution in [0.4, 0.5) is 10.1 Å². The SMILES string of the molecule is O=C(CN1CCCC1)N1CC[C@H]2[C@@H](COCCN2c2ccc(F)cc2)C1. The fourth-order valence-electron chi connectivity index (χ4n) is 4.57. The maximum absolute atomic E-state index is 13.3. The molecule has 0 aromatic heterocycles. The highest BCUT2D eigenvalue weighted by Gasteiger charge is 2.37. The summed E-state index contributed by atoms with van der Waals surface area (Å²) >= 11 is 0. The maximum atomic E-state index is 13.3. The maximum Gasteiger partial charge on any atom is 0.236 e. The van der Waals surface area contributed by atoms with Crippen LogP contribution in [0.2, 0.25) is 0 Å². The quantitative estimate of drug-likeness (QED) is 0.825. The van der Waals surface area contributed by atoms with E-state index in [1.807, 2.05) is 17.0 Å².